The van der Waals surface area contributed by atoms with Crippen molar-refractivity contribution in [2.75, 3.05) is 31.5 Å². The van der Waals surface area contributed by atoms with Gasteiger partial charge in [-0.15, -0.1) is 5.10 Å². The summed E-state index contributed by atoms with van der Waals surface area (Å²) in [6.45, 7) is 8.09. The van der Waals surface area contributed by atoms with Crippen molar-refractivity contribution in [3.8, 4) is 0 Å². The van der Waals surface area contributed by atoms with Gasteiger partial charge in [0.05, 0.1) is 17.5 Å². The lowest BCUT2D eigenvalue weighted by Crippen LogP contribution is -2.36. The minimum absolute atomic E-state index is 0.0941. The maximum absolute atomic E-state index is 9.48. The van der Waals surface area contributed by atoms with Crippen molar-refractivity contribution >= 4 is 5.95 Å². The van der Waals surface area contributed by atoms with Gasteiger partial charge in [0, 0.05) is 19.6 Å². The van der Waals surface area contributed by atoms with Crippen LogP contribution in [0.25, 0.3) is 0 Å². The Bertz CT molecular complexity index is 432. The van der Waals surface area contributed by atoms with Gasteiger partial charge in [0.2, 0.25) is 5.95 Å². The molecule has 21 heavy (non-hydrogen) atoms. The molecule has 0 atom stereocenters. The Morgan fingerprint density at radius 1 is 1.14 bits per heavy atom. The number of hydrogen-bond donors (Lipinski definition) is 2. The van der Waals surface area contributed by atoms with Gasteiger partial charge in [0.1, 0.15) is 0 Å². The van der Waals surface area contributed by atoms with Crippen LogP contribution in [0.4, 0.5) is 5.95 Å². The molecular formula is C15H27N5O. The summed E-state index contributed by atoms with van der Waals surface area (Å²) in [5, 5.41) is 21.1. The van der Waals surface area contributed by atoms with E-state index in [9.17, 15) is 5.11 Å². The van der Waals surface area contributed by atoms with Crippen molar-refractivity contribution in [3.63, 3.8) is 0 Å². The molecule has 0 unspecified atom stereocenters. The second-order valence-electron chi connectivity index (χ2n) is 5.59. The van der Waals surface area contributed by atoms with E-state index in [1.54, 1.807) is 0 Å². The number of nitrogens with zero attached hydrogens (tertiary/aromatic N) is 4. The number of aromatic nitrogens is 3. The molecule has 1 fully saturated rings. The van der Waals surface area contributed by atoms with Crippen LogP contribution in [0, 0.1) is 0 Å². The van der Waals surface area contributed by atoms with E-state index in [0.717, 1.165) is 69.7 Å². The summed E-state index contributed by atoms with van der Waals surface area (Å²) in [7, 11) is 0. The minimum Gasteiger partial charge on any atom is -0.393 e. The molecule has 0 aliphatic carbocycles. The van der Waals surface area contributed by atoms with Crippen LogP contribution in [0.1, 0.15) is 44.5 Å². The van der Waals surface area contributed by atoms with E-state index in [4.69, 9.17) is 0 Å². The molecule has 1 aliphatic heterocycles. The van der Waals surface area contributed by atoms with Gasteiger partial charge in [-0.05, 0) is 38.6 Å². The van der Waals surface area contributed by atoms with Crippen LogP contribution >= 0.6 is 0 Å². The van der Waals surface area contributed by atoms with Gasteiger partial charge in [0.15, 0.2) is 0 Å². The Kier molecular flexibility index (Phi) is 6.32. The number of likely N-dealkylation sites (tertiary alicyclic amines) is 1. The topological polar surface area (TPSA) is 74.2 Å². The Labute approximate surface area is 127 Å². The van der Waals surface area contributed by atoms with Gasteiger partial charge >= 0.3 is 0 Å². The predicted octanol–water partition coefficient (Wildman–Crippen LogP) is 1.26. The molecule has 118 valence electrons. The molecule has 6 nitrogen and oxygen atoms in total. The Hall–Kier alpha value is -1.27. The number of rotatable bonds is 7. The third kappa shape index (κ3) is 4.89. The molecule has 0 saturated carbocycles. The molecule has 2 N–H and O–H groups in total. The van der Waals surface area contributed by atoms with Crippen LogP contribution in [0.5, 0.6) is 0 Å². The Morgan fingerprint density at radius 2 is 1.86 bits per heavy atom. The summed E-state index contributed by atoms with van der Waals surface area (Å²) in [4.78, 5) is 6.93. The van der Waals surface area contributed by atoms with Crippen LogP contribution in [0.3, 0.4) is 0 Å². The zero-order valence-corrected chi connectivity index (χ0v) is 13.2. The van der Waals surface area contributed by atoms with E-state index in [1.165, 1.54) is 0 Å². The third-order valence-electron chi connectivity index (χ3n) is 4.00. The van der Waals surface area contributed by atoms with Crippen LogP contribution in [-0.2, 0) is 12.8 Å². The quantitative estimate of drug-likeness (QED) is 0.737. The summed E-state index contributed by atoms with van der Waals surface area (Å²) < 4.78 is 0. The van der Waals surface area contributed by atoms with Gasteiger partial charge in [-0.2, -0.15) is 5.10 Å². The summed E-state index contributed by atoms with van der Waals surface area (Å²) in [6.07, 6.45) is 4.53. The second kappa shape index (κ2) is 8.24. The van der Waals surface area contributed by atoms with E-state index in [0.29, 0.717) is 5.95 Å². The van der Waals surface area contributed by atoms with Gasteiger partial charge in [-0.25, -0.2) is 4.98 Å². The van der Waals surface area contributed by atoms with Crippen molar-refractivity contribution in [2.45, 2.75) is 52.1 Å². The maximum atomic E-state index is 9.48. The number of nitrogens with one attached hydrogen (secondary N) is 1. The highest BCUT2D eigenvalue weighted by molar-refractivity contribution is 5.25. The number of piperidine rings is 1. The summed E-state index contributed by atoms with van der Waals surface area (Å²) >= 11 is 0. The average Bonchev–Trinajstić information content (AvgIpc) is 2.53. The van der Waals surface area contributed by atoms with Gasteiger partial charge < -0.3 is 15.3 Å². The summed E-state index contributed by atoms with van der Waals surface area (Å²) in [5.41, 5.74) is 2.04. The zero-order valence-electron chi connectivity index (χ0n) is 13.2. The fourth-order valence-electron chi connectivity index (χ4n) is 2.66. The van der Waals surface area contributed by atoms with Gasteiger partial charge in [-0.3, -0.25) is 0 Å². The van der Waals surface area contributed by atoms with Crippen LogP contribution in [0.15, 0.2) is 0 Å². The molecule has 1 aliphatic rings. The van der Waals surface area contributed by atoms with Crippen LogP contribution < -0.4 is 5.32 Å². The lowest BCUT2D eigenvalue weighted by Gasteiger charge is -2.29. The van der Waals surface area contributed by atoms with Gasteiger partial charge in [0.25, 0.3) is 0 Å². The molecule has 1 aromatic heterocycles. The average molecular weight is 293 g/mol. The second-order valence-corrected chi connectivity index (χ2v) is 5.59. The maximum Gasteiger partial charge on any atom is 0.242 e. The lowest BCUT2D eigenvalue weighted by atomic mass is 10.1. The standard InChI is InChI=1S/C15H27N5O/c1-3-13-14(4-2)18-19-15(17-13)16-8-5-9-20-10-6-12(21)7-11-20/h12,21H,3-11H2,1-2H3,(H,16,17,19). The molecule has 0 radical (unpaired) electrons. The Morgan fingerprint density at radius 3 is 2.52 bits per heavy atom. The molecule has 0 spiro atoms. The van der Waals surface area contributed by atoms with Gasteiger partial charge in [-0.1, -0.05) is 13.8 Å². The van der Waals surface area contributed by atoms with Crippen molar-refractivity contribution in [3.05, 3.63) is 11.4 Å². The predicted molar refractivity (Wildman–Crippen MR) is 83.4 cm³/mol. The molecule has 0 aromatic carbocycles. The number of aryl methyl sites for hydroxylation is 2. The SMILES string of the molecule is CCc1nnc(NCCCN2CCC(O)CC2)nc1CC. The molecule has 0 amide bonds. The molecular weight excluding hydrogens is 266 g/mol. The van der Waals surface area contributed by atoms with Crippen molar-refractivity contribution < 1.29 is 5.11 Å². The first-order valence-electron chi connectivity index (χ1n) is 8.09. The summed E-state index contributed by atoms with van der Waals surface area (Å²) in [6, 6.07) is 0. The fraction of sp³-hybridized carbons (Fsp3) is 0.800. The largest absolute Gasteiger partial charge is 0.393 e. The zero-order chi connectivity index (χ0) is 15.1. The van der Waals surface area contributed by atoms with Crippen molar-refractivity contribution in [1.82, 2.24) is 20.1 Å². The van der Waals surface area contributed by atoms with E-state index in [2.05, 4.69) is 39.2 Å². The highest BCUT2D eigenvalue weighted by Crippen LogP contribution is 2.10. The molecule has 6 heteroatoms. The summed E-state index contributed by atoms with van der Waals surface area (Å²) in [5.74, 6) is 0.637. The number of anilines is 1. The molecule has 2 rings (SSSR count). The third-order valence-corrected chi connectivity index (χ3v) is 4.00. The lowest BCUT2D eigenvalue weighted by molar-refractivity contribution is 0.0825. The number of aliphatic hydroxyl groups excluding tert-OH is 1. The van der Waals surface area contributed by atoms with Crippen molar-refractivity contribution in [2.24, 2.45) is 0 Å². The monoisotopic (exact) mass is 293 g/mol. The van der Waals surface area contributed by atoms with Crippen molar-refractivity contribution in [1.29, 1.82) is 0 Å². The van der Waals surface area contributed by atoms with E-state index in [-0.39, 0.29) is 6.10 Å². The first-order valence-corrected chi connectivity index (χ1v) is 8.09. The van der Waals surface area contributed by atoms with E-state index >= 15 is 0 Å². The Balaban J connectivity index is 1.71. The molecule has 0 bridgehead atoms. The molecule has 2 heterocycles. The normalized spacial score (nSPS) is 17.1. The fourth-order valence-corrected chi connectivity index (χ4v) is 2.66. The molecule has 1 aromatic rings. The smallest absolute Gasteiger partial charge is 0.242 e. The van der Waals surface area contributed by atoms with Crippen LogP contribution in [0.2, 0.25) is 0 Å². The van der Waals surface area contributed by atoms with E-state index in [1.807, 2.05) is 0 Å². The minimum atomic E-state index is -0.0941. The first-order chi connectivity index (χ1) is 10.2. The first kappa shape index (κ1) is 16.1. The van der Waals surface area contributed by atoms with E-state index < -0.39 is 0 Å². The van der Waals surface area contributed by atoms with Crippen LogP contribution in [-0.4, -0.2) is 57.5 Å². The number of aliphatic hydroxyl groups is 1. The number of hydrogen-bond acceptors (Lipinski definition) is 6. The highest BCUT2D eigenvalue weighted by atomic mass is 16.3. The molecule has 1 saturated heterocycles. The highest BCUT2D eigenvalue weighted by Gasteiger charge is 2.16.